The van der Waals surface area contributed by atoms with Crippen LogP contribution in [0.5, 0.6) is 5.75 Å². The number of aromatic nitrogens is 2. The van der Waals surface area contributed by atoms with Gasteiger partial charge in [-0.25, -0.2) is 9.82 Å². The Morgan fingerprint density at radius 2 is 2.16 bits per heavy atom. The van der Waals surface area contributed by atoms with Gasteiger partial charge in [0.2, 0.25) is 0 Å². The van der Waals surface area contributed by atoms with Crippen molar-refractivity contribution in [3.8, 4) is 5.75 Å². The molecule has 0 aliphatic carbocycles. The molecule has 0 fully saturated rings. The number of aryl methyl sites for hydroxylation is 2. The number of benzene rings is 1. The van der Waals surface area contributed by atoms with Gasteiger partial charge in [0.15, 0.2) is 11.6 Å². The van der Waals surface area contributed by atoms with Gasteiger partial charge in [-0.15, -0.1) is 0 Å². The second-order valence-electron chi connectivity index (χ2n) is 4.31. The summed E-state index contributed by atoms with van der Waals surface area (Å²) in [6.45, 7) is 1.86. The van der Waals surface area contributed by atoms with E-state index < -0.39 is 11.9 Å². The van der Waals surface area contributed by atoms with E-state index in [0.29, 0.717) is 5.56 Å². The van der Waals surface area contributed by atoms with Crippen LogP contribution in [0.4, 0.5) is 4.39 Å². The first-order valence-corrected chi connectivity index (χ1v) is 5.87. The number of ether oxygens (including phenoxy) is 1. The first-order chi connectivity index (χ1) is 9.08. The number of halogens is 1. The highest BCUT2D eigenvalue weighted by Crippen LogP contribution is 2.29. The van der Waals surface area contributed by atoms with Crippen molar-refractivity contribution in [3.63, 3.8) is 0 Å². The molecule has 1 heterocycles. The highest BCUT2D eigenvalue weighted by molar-refractivity contribution is 5.38. The molecular weight excluding hydrogens is 247 g/mol. The van der Waals surface area contributed by atoms with Crippen LogP contribution in [0.15, 0.2) is 24.4 Å². The summed E-state index contributed by atoms with van der Waals surface area (Å²) in [5.74, 6) is 5.35. The molecule has 0 spiro atoms. The Kier molecular flexibility index (Phi) is 3.82. The zero-order valence-electron chi connectivity index (χ0n) is 11.1. The van der Waals surface area contributed by atoms with Gasteiger partial charge >= 0.3 is 0 Å². The standard InChI is InChI=1S/C13H17FN4O/c1-8-10(7-18(2)17-8)13(16-15)9-5-4-6-11(19-3)12(9)14/h4-7,13,16H,15H2,1-3H3. The maximum atomic E-state index is 14.3. The van der Waals surface area contributed by atoms with Crippen LogP contribution in [0.2, 0.25) is 0 Å². The molecule has 0 amide bonds. The van der Waals surface area contributed by atoms with Crippen LogP contribution in [0.3, 0.4) is 0 Å². The molecule has 2 rings (SSSR count). The molecule has 0 aliphatic rings. The number of nitrogens with two attached hydrogens (primary N) is 1. The second kappa shape index (κ2) is 5.38. The molecule has 0 bridgehead atoms. The molecule has 1 atom stereocenters. The van der Waals surface area contributed by atoms with Crippen LogP contribution in [-0.2, 0) is 7.05 Å². The normalized spacial score (nSPS) is 12.5. The van der Waals surface area contributed by atoms with Gasteiger partial charge in [0.1, 0.15) is 0 Å². The van der Waals surface area contributed by atoms with E-state index >= 15 is 0 Å². The molecule has 0 aliphatic heterocycles. The highest BCUT2D eigenvalue weighted by Gasteiger charge is 2.22. The Hall–Kier alpha value is -1.92. The van der Waals surface area contributed by atoms with Gasteiger partial charge in [-0.3, -0.25) is 10.5 Å². The summed E-state index contributed by atoms with van der Waals surface area (Å²) < 4.78 is 20.9. The molecule has 1 aromatic heterocycles. The molecule has 1 unspecified atom stereocenters. The quantitative estimate of drug-likeness (QED) is 0.647. The Bertz CT molecular complexity index is 582. The molecule has 0 saturated carbocycles. The maximum Gasteiger partial charge on any atom is 0.170 e. The first-order valence-electron chi connectivity index (χ1n) is 5.87. The zero-order chi connectivity index (χ0) is 14.0. The fourth-order valence-electron chi connectivity index (χ4n) is 2.16. The smallest absolute Gasteiger partial charge is 0.170 e. The Balaban J connectivity index is 2.51. The summed E-state index contributed by atoms with van der Waals surface area (Å²) in [6.07, 6.45) is 1.82. The lowest BCUT2D eigenvalue weighted by molar-refractivity contribution is 0.381. The van der Waals surface area contributed by atoms with Crippen LogP contribution in [0.1, 0.15) is 22.9 Å². The summed E-state index contributed by atoms with van der Waals surface area (Å²) in [5.41, 5.74) is 4.69. The number of hydrogen-bond donors (Lipinski definition) is 2. The molecule has 5 nitrogen and oxygen atoms in total. The number of rotatable bonds is 4. The Labute approximate surface area is 111 Å². The molecule has 1 aromatic carbocycles. The number of nitrogens with one attached hydrogen (secondary N) is 1. The third-order valence-corrected chi connectivity index (χ3v) is 3.05. The number of hydrazine groups is 1. The number of hydrogen-bond acceptors (Lipinski definition) is 4. The third-order valence-electron chi connectivity index (χ3n) is 3.05. The van der Waals surface area contributed by atoms with Gasteiger partial charge in [0.05, 0.1) is 18.8 Å². The van der Waals surface area contributed by atoms with Crippen molar-refractivity contribution in [1.82, 2.24) is 15.2 Å². The summed E-state index contributed by atoms with van der Waals surface area (Å²) in [6, 6.07) is 4.51. The van der Waals surface area contributed by atoms with Gasteiger partial charge < -0.3 is 4.74 Å². The molecule has 19 heavy (non-hydrogen) atoms. The third kappa shape index (κ3) is 2.45. The lowest BCUT2D eigenvalue weighted by Gasteiger charge is -2.17. The molecule has 3 N–H and O–H groups in total. The van der Waals surface area contributed by atoms with Crippen molar-refractivity contribution < 1.29 is 9.13 Å². The minimum Gasteiger partial charge on any atom is -0.494 e. The SMILES string of the molecule is COc1cccc(C(NN)c2cn(C)nc2C)c1F. The lowest BCUT2D eigenvalue weighted by atomic mass is 9.99. The fourth-order valence-corrected chi connectivity index (χ4v) is 2.16. The maximum absolute atomic E-state index is 14.3. The molecular formula is C13H17FN4O. The predicted octanol–water partition coefficient (Wildman–Crippen LogP) is 1.43. The monoisotopic (exact) mass is 264 g/mol. The summed E-state index contributed by atoms with van der Waals surface area (Å²) in [7, 11) is 3.24. The molecule has 6 heteroatoms. The molecule has 0 saturated heterocycles. The molecule has 0 radical (unpaired) electrons. The van der Waals surface area contributed by atoms with E-state index in [1.54, 1.807) is 22.9 Å². The van der Waals surface area contributed by atoms with E-state index in [-0.39, 0.29) is 5.75 Å². The van der Waals surface area contributed by atoms with Crippen molar-refractivity contribution >= 4 is 0 Å². The number of methoxy groups -OCH3 is 1. The van der Waals surface area contributed by atoms with Crippen molar-refractivity contribution in [2.24, 2.45) is 12.9 Å². The number of nitrogens with zero attached hydrogens (tertiary/aromatic N) is 2. The molecule has 102 valence electrons. The van der Waals surface area contributed by atoms with E-state index in [2.05, 4.69) is 10.5 Å². The van der Waals surface area contributed by atoms with Gasteiger partial charge in [-0.1, -0.05) is 12.1 Å². The topological polar surface area (TPSA) is 65.1 Å². The van der Waals surface area contributed by atoms with Crippen LogP contribution in [0.25, 0.3) is 0 Å². The Morgan fingerprint density at radius 1 is 1.42 bits per heavy atom. The van der Waals surface area contributed by atoms with E-state index in [1.165, 1.54) is 7.11 Å². The van der Waals surface area contributed by atoms with Crippen LogP contribution in [0, 0.1) is 12.7 Å². The van der Waals surface area contributed by atoms with E-state index in [4.69, 9.17) is 10.6 Å². The summed E-state index contributed by atoms with van der Waals surface area (Å²) in [5, 5.41) is 4.25. The highest BCUT2D eigenvalue weighted by atomic mass is 19.1. The average molecular weight is 264 g/mol. The van der Waals surface area contributed by atoms with Crippen LogP contribution >= 0.6 is 0 Å². The van der Waals surface area contributed by atoms with E-state index in [1.807, 2.05) is 20.2 Å². The average Bonchev–Trinajstić information content (AvgIpc) is 2.72. The van der Waals surface area contributed by atoms with Gasteiger partial charge in [0, 0.05) is 24.4 Å². The Morgan fingerprint density at radius 3 is 2.68 bits per heavy atom. The summed E-state index contributed by atoms with van der Waals surface area (Å²) >= 11 is 0. The van der Waals surface area contributed by atoms with E-state index in [0.717, 1.165) is 11.3 Å². The zero-order valence-corrected chi connectivity index (χ0v) is 11.1. The predicted molar refractivity (Wildman–Crippen MR) is 70.1 cm³/mol. The lowest BCUT2D eigenvalue weighted by Crippen LogP contribution is -2.29. The second-order valence-corrected chi connectivity index (χ2v) is 4.31. The van der Waals surface area contributed by atoms with Gasteiger partial charge in [-0.2, -0.15) is 5.10 Å². The van der Waals surface area contributed by atoms with Crippen LogP contribution in [-0.4, -0.2) is 16.9 Å². The fraction of sp³-hybridized carbons (Fsp3) is 0.308. The molecule has 2 aromatic rings. The van der Waals surface area contributed by atoms with Crippen molar-refractivity contribution in [3.05, 3.63) is 47.0 Å². The van der Waals surface area contributed by atoms with Gasteiger partial charge in [-0.05, 0) is 13.0 Å². The minimum absolute atomic E-state index is 0.194. The van der Waals surface area contributed by atoms with Crippen LogP contribution < -0.4 is 16.0 Å². The van der Waals surface area contributed by atoms with Gasteiger partial charge in [0.25, 0.3) is 0 Å². The first kappa shape index (κ1) is 13.5. The summed E-state index contributed by atoms with van der Waals surface area (Å²) in [4.78, 5) is 0. The van der Waals surface area contributed by atoms with Crippen molar-refractivity contribution in [2.45, 2.75) is 13.0 Å². The largest absolute Gasteiger partial charge is 0.494 e. The van der Waals surface area contributed by atoms with Crippen molar-refractivity contribution in [2.75, 3.05) is 7.11 Å². The minimum atomic E-state index is -0.469. The van der Waals surface area contributed by atoms with E-state index in [9.17, 15) is 4.39 Å². The van der Waals surface area contributed by atoms with Crippen molar-refractivity contribution in [1.29, 1.82) is 0 Å².